The summed E-state index contributed by atoms with van der Waals surface area (Å²) in [5, 5.41) is 8.33. The van der Waals surface area contributed by atoms with Gasteiger partial charge in [0.15, 0.2) is 6.04 Å². The Hall–Kier alpha value is -5.91. The van der Waals surface area contributed by atoms with Crippen molar-refractivity contribution in [3.63, 3.8) is 0 Å². The second-order valence-electron chi connectivity index (χ2n) is 16.6. The molecule has 0 bridgehead atoms. The van der Waals surface area contributed by atoms with Gasteiger partial charge in [-0.05, 0) is 80.5 Å². The maximum Gasteiger partial charge on any atom is 0.407 e. The Morgan fingerprint density at radius 2 is 1.11 bits per heavy atom. The largest absolute Gasteiger partial charge is 0.467 e. The van der Waals surface area contributed by atoms with Crippen LogP contribution in [0.1, 0.15) is 75.3 Å². The first-order chi connectivity index (χ1) is 29.1. The average molecular weight is 842 g/mol. The number of rotatable bonds is 16. The zero-order valence-electron chi connectivity index (χ0n) is 35.8. The molecule has 11 heteroatoms. The summed E-state index contributed by atoms with van der Waals surface area (Å²) in [5.74, 6) is -2.17. The zero-order valence-corrected chi connectivity index (χ0v) is 36.6. The molecule has 0 radical (unpaired) electrons. The minimum Gasteiger partial charge on any atom is -0.467 e. The van der Waals surface area contributed by atoms with Crippen LogP contribution in [0.15, 0.2) is 140 Å². The molecular weight excluding hydrogens is 787 g/mol. The van der Waals surface area contributed by atoms with Crippen LogP contribution in [-0.4, -0.2) is 72.7 Å². The van der Waals surface area contributed by atoms with Gasteiger partial charge in [-0.15, -0.1) is 11.8 Å². The Kier molecular flexibility index (Phi) is 14.1. The zero-order chi connectivity index (χ0) is 43.8. The molecule has 1 aliphatic rings. The van der Waals surface area contributed by atoms with Crippen molar-refractivity contribution in [1.82, 2.24) is 16.0 Å². The van der Waals surface area contributed by atoms with Crippen LogP contribution in [0.4, 0.5) is 4.79 Å². The van der Waals surface area contributed by atoms with E-state index in [-0.39, 0.29) is 12.5 Å². The second-order valence-corrected chi connectivity index (χ2v) is 18.5. The van der Waals surface area contributed by atoms with Gasteiger partial charge in [-0.1, -0.05) is 140 Å². The van der Waals surface area contributed by atoms with Crippen LogP contribution >= 0.6 is 11.8 Å². The fourth-order valence-electron chi connectivity index (χ4n) is 8.08. The predicted molar refractivity (Wildman–Crippen MR) is 240 cm³/mol. The highest BCUT2D eigenvalue weighted by atomic mass is 32.2. The first kappa shape index (κ1) is 44.6. The summed E-state index contributed by atoms with van der Waals surface area (Å²) in [6.45, 7) is 10.5. The number of nitrogens with one attached hydrogen (secondary N) is 3. The normalized spacial score (nSPS) is 14.1. The van der Waals surface area contributed by atoms with Gasteiger partial charge < -0.3 is 30.2 Å². The molecule has 0 spiro atoms. The third-order valence-electron chi connectivity index (χ3n) is 10.7. The number of methoxy groups -OCH3 is 1. The van der Waals surface area contributed by atoms with Gasteiger partial charge in [0, 0.05) is 10.7 Å². The Labute approximate surface area is 363 Å². The maximum atomic E-state index is 14.6. The van der Waals surface area contributed by atoms with Crippen molar-refractivity contribution in [3.05, 3.63) is 167 Å². The standard InChI is InChI=1S/C50H55N3O7S/c1-33(60-48(2,3)4)43(46(56)58-7)52-42(54)31-51-45(55)44(53-47(57)59-32-41-39-29-19-17-27-37(39)38-28-18-20-30-40(38)41)49(5,6)61-50(34-21-11-8-12-22-34,35-23-13-9-14-24-35)36-25-15-10-16-26-36/h8-30,33,41,43-44H,31-32H2,1-7H3,(H,51,55)(H,52,54)(H,53,57). The molecule has 3 N–H and O–H groups in total. The first-order valence-electron chi connectivity index (χ1n) is 20.5. The van der Waals surface area contributed by atoms with E-state index in [0.29, 0.717) is 0 Å². The predicted octanol–water partition coefficient (Wildman–Crippen LogP) is 8.38. The van der Waals surface area contributed by atoms with E-state index in [4.69, 9.17) is 14.2 Å². The molecule has 61 heavy (non-hydrogen) atoms. The highest BCUT2D eigenvalue weighted by molar-refractivity contribution is 8.02. The number of hydrogen-bond acceptors (Lipinski definition) is 8. The number of amides is 3. The van der Waals surface area contributed by atoms with Crippen molar-refractivity contribution in [3.8, 4) is 11.1 Å². The van der Waals surface area contributed by atoms with Gasteiger partial charge in [0.25, 0.3) is 0 Å². The first-order valence-corrected chi connectivity index (χ1v) is 21.3. The van der Waals surface area contributed by atoms with E-state index in [2.05, 4.69) is 64.5 Å². The van der Waals surface area contributed by atoms with Crippen molar-refractivity contribution < 1.29 is 33.4 Å². The molecular formula is C50H55N3O7S. The molecule has 0 aliphatic heterocycles. The van der Waals surface area contributed by atoms with E-state index in [0.717, 1.165) is 38.9 Å². The molecule has 0 saturated carbocycles. The molecule has 0 heterocycles. The van der Waals surface area contributed by atoms with Crippen molar-refractivity contribution in [2.75, 3.05) is 20.3 Å². The lowest BCUT2D eigenvalue weighted by molar-refractivity contribution is -0.153. The van der Waals surface area contributed by atoms with E-state index in [1.54, 1.807) is 6.92 Å². The number of fused-ring (bicyclic) bond motifs is 3. The van der Waals surface area contributed by atoms with Crippen LogP contribution in [0.3, 0.4) is 0 Å². The number of benzene rings is 5. The highest BCUT2D eigenvalue weighted by Gasteiger charge is 2.48. The summed E-state index contributed by atoms with van der Waals surface area (Å²) >= 11 is 1.51. The number of ether oxygens (including phenoxy) is 3. The van der Waals surface area contributed by atoms with Gasteiger partial charge in [-0.3, -0.25) is 9.59 Å². The molecule has 6 rings (SSSR count). The second kappa shape index (κ2) is 19.2. The molecule has 3 unspecified atom stereocenters. The summed E-state index contributed by atoms with van der Waals surface area (Å²) in [5.41, 5.74) is 6.57. The lowest BCUT2D eigenvalue weighted by Gasteiger charge is -2.44. The van der Waals surface area contributed by atoms with Crippen LogP contribution in [0, 0.1) is 0 Å². The molecule has 3 atom stereocenters. The molecule has 0 aromatic heterocycles. The minimum absolute atomic E-state index is 0.0376. The van der Waals surface area contributed by atoms with Gasteiger partial charge in [-0.25, -0.2) is 9.59 Å². The highest BCUT2D eigenvalue weighted by Crippen LogP contribution is 2.54. The fraction of sp³-hybridized carbons (Fsp3) is 0.320. The smallest absolute Gasteiger partial charge is 0.407 e. The van der Waals surface area contributed by atoms with Gasteiger partial charge in [-0.2, -0.15) is 0 Å². The SMILES string of the molecule is COC(=O)C(NC(=O)CNC(=O)C(NC(=O)OCC1c2ccccc2-c2ccccc21)C(C)(C)SC(c1ccccc1)(c1ccccc1)c1ccccc1)C(C)OC(C)(C)C. The number of hydrogen-bond donors (Lipinski definition) is 3. The van der Waals surface area contributed by atoms with Gasteiger partial charge in [0.05, 0.1) is 30.1 Å². The third-order valence-corrected chi connectivity index (χ3v) is 12.5. The summed E-state index contributed by atoms with van der Waals surface area (Å²) < 4.78 is 15.0. The van der Waals surface area contributed by atoms with Crippen LogP contribution in [0.5, 0.6) is 0 Å². The summed E-state index contributed by atoms with van der Waals surface area (Å²) in [4.78, 5) is 54.9. The molecule has 0 saturated heterocycles. The van der Waals surface area contributed by atoms with Gasteiger partial charge in [0.1, 0.15) is 12.6 Å². The quantitative estimate of drug-likeness (QED) is 0.0668. The number of thioether (sulfide) groups is 1. The monoisotopic (exact) mass is 841 g/mol. The van der Waals surface area contributed by atoms with Crippen LogP contribution in [0.2, 0.25) is 0 Å². The lowest BCUT2D eigenvalue weighted by Crippen LogP contribution is -2.59. The Bertz CT molecular complexity index is 2150. The molecule has 5 aromatic rings. The summed E-state index contributed by atoms with van der Waals surface area (Å²) in [6, 6.07) is 43.9. The Morgan fingerprint density at radius 1 is 0.656 bits per heavy atom. The maximum absolute atomic E-state index is 14.6. The minimum atomic E-state index is -1.24. The molecule has 318 valence electrons. The molecule has 3 amide bonds. The molecule has 1 aliphatic carbocycles. The van der Waals surface area contributed by atoms with Crippen LogP contribution in [0.25, 0.3) is 11.1 Å². The van der Waals surface area contributed by atoms with E-state index >= 15 is 0 Å². The Morgan fingerprint density at radius 3 is 1.57 bits per heavy atom. The summed E-state index contributed by atoms with van der Waals surface area (Å²) in [7, 11) is 1.23. The van der Waals surface area contributed by atoms with E-state index in [1.165, 1.54) is 18.9 Å². The number of carbonyl (C=O) groups is 4. The van der Waals surface area contributed by atoms with E-state index in [1.807, 2.05) is 126 Å². The molecule has 5 aromatic carbocycles. The van der Waals surface area contributed by atoms with Crippen LogP contribution in [-0.2, 0) is 33.3 Å². The van der Waals surface area contributed by atoms with Crippen LogP contribution < -0.4 is 16.0 Å². The van der Waals surface area contributed by atoms with E-state index in [9.17, 15) is 19.2 Å². The Balaban J connectivity index is 1.32. The fourth-order valence-corrected chi connectivity index (χ4v) is 9.91. The topological polar surface area (TPSA) is 132 Å². The third kappa shape index (κ3) is 10.3. The van der Waals surface area contributed by atoms with Crippen molar-refractivity contribution >= 4 is 35.6 Å². The van der Waals surface area contributed by atoms with E-state index < -0.39 is 63.7 Å². The average Bonchev–Trinajstić information content (AvgIpc) is 3.58. The van der Waals surface area contributed by atoms with Gasteiger partial charge >= 0.3 is 12.1 Å². The summed E-state index contributed by atoms with van der Waals surface area (Å²) in [6.07, 6.45) is -1.53. The van der Waals surface area contributed by atoms with Crippen molar-refractivity contribution in [2.45, 2.75) is 80.7 Å². The lowest BCUT2D eigenvalue weighted by atomic mass is 9.84. The number of esters is 1. The molecule has 0 fully saturated rings. The van der Waals surface area contributed by atoms with Gasteiger partial charge in [0.2, 0.25) is 11.8 Å². The molecule has 10 nitrogen and oxygen atoms in total. The van der Waals surface area contributed by atoms with Crippen molar-refractivity contribution in [1.29, 1.82) is 0 Å². The number of alkyl carbamates (subject to hydrolysis) is 1. The number of carbonyl (C=O) groups excluding carboxylic acids is 4. The van der Waals surface area contributed by atoms with Crippen molar-refractivity contribution in [2.24, 2.45) is 0 Å².